The van der Waals surface area contributed by atoms with Crippen molar-refractivity contribution in [3.8, 4) is 28.7 Å². The first-order chi connectivity index (χ1) is 54.0. The normalized spacial score (nSPS) is 13.0. The smallest absolute Gasteiger partial charge is 0.258 e. The molecule has 5 N–H and O–H groups in total. The summed E-state index contributed by atoms with van der Waals surface area (Å²) in [5.74, 6) is -2.11. The Morgan fingerprint density at radius 2 is 0.807 bits per heavy atom. The van der Waals surface area contributed by atoms with Crippen molar-refractivity contribution in [1.29, 1.82) is 0 Å². The maximum Gasteiger partial charge on any atom is 0.258 e. The van der Waals surface area contributed by atoms with E-state index in [0.29, 0.717) is 83.4 Å². The SMILES string of the molecule is CC(=O)Nc1cc(F)ccc1CN1Cc2c(c(O)c3ncccc3c2N(C)S(C)(=O)=O)C1=O.COc1ccc(COc2c3c(c(N(C)S(C)(=O)=O)c4cccnc24)CN(Cc2ccc(F)cc2N)C3=O)cc1.COc1ccc(COc2c3c(c(N(C)S(C)(=O)=O)c4cccnc24)CN(Cc2ccc(F)cc2NC(C)=O)C3=O)cc1. The first-order valence-corrected chi connectivity index (χ1v) is 40.5. The minimum absolute atomic E-state index is 0.00135. The molecule has 3 aliphatic heterocycles. The number of carbonyl (C=O) groups is 5. The van der Waals surface area contributed by atoms with Gasteiger partial charge in [-0.05, 0) is 125 Å². The molecular weight excluding hydrogens is 1540 g/mol. The number of benzene rings is 8. The van der Waals surface area contributed by atoms with E-state index in [1.54, 1.807) is 75.1 Å². The number of carbonyl (C=O) groups excluding carboxylic acids is 5. The van der Waals surface area contributed by atoms with Crippen LogP contribution in [-0.4, -0.2) is 144 Å². The number of phenolic OH excluding ortho intramolecular Hbond substituents is 1. The number of nitrogens with zero attached hydrogens (tertiary/aromatic N) is 9. The van der Waals surface area contributed by atoms with Crippen LogP contribution < -0.4 is 48.2 Å². The molecule has 28 nitrogen and oxygen atoms in total. The van der Waals surface area contributed by atoms with E-state index in [2.05, 4.69) is 25.6 Å². The van der Waals surface area contributed by atoms with Crippen LogP contribution in [0.5, 0.6) is 28.7 Å². The fourth-order valence-electron chi connectivity index (χ4n) is 13.7. The van der Waals surface area contributed by atoms with Crippen molar-refractivity contribution < 1.29 is 86.5 Å². The minimum atomic E-state index is -3.73. The second kappa shape index (κ2) is 32.5. The summed E-state index contributed by atoms with van der Waals surface area (Å²) in [5, 5.41) is 17.4. The van der Waals surface area contributed by atoms with E-state index < -0.39 is 65.2 Å². The predicted octanol–water partition coefficient (Wildman–Crippen LogP) is 11.2. The van der Waals surface area contributed by atoms with Crippen molar-refractivity contribution in [1.82, 2.24) is 29.7 Å². The maximum atomic E-state index is 14.1. The molecule has 0 fully saturated rings. The highest BCUT2D eigenvalue weighted by Crippen LogP contribution is 2.49. The number of nitrogens with two attached hydrogens (primary N) is 1. The second-order valence-electron chi connectivity index (χ2n) is 27.1. The van der Waals surface area contributed by atoms with E-state index in [4.69, 9.17) is 24.7 Å². The van der Waals surface area contributed by atoms with Crippen LogP contribution in [0.2, 0.25) is 0 Å². The number of aromatic hydroxyl groups is 1. The number of halogens is 3. The number of methoxy groups -OCH3 is 2. The van der Waals surface area contributed by atoms with Gasteiger partial charge in [0.1, 0.15) is 58.7 Å². The lowest BCUT2D eigenvalue weighted by Gasteiger charge is -2.23. The average Bonchev–Trinajstić information content (AvgIpc) is 1.57. The molecule has 0 bridgehead atoms. The summed E-state index contributed by atoms with van der Waals surface area (Å²) in [5.41, 5.74) is 13.4. The van der Waals surface area contributed by atoms with Crippen LogP contribution >= 0.6 is 0 Å². The third kappa shape index (κ3) is 16.7. The third-order valence-electron chi connectivity index (χ3n) is 19.3. The third-order valence-corrected chi connectivity index (χ3v) is 22.9. The van der Waals surface area contributed by atoms with Crippen molar-refractivity contribution >= 4 is 126 Å². The van der Waals surface area contributed by atoms with Crippen LogP contribution in [-0.2, 0) is 92.1 Å². The lowest BCUT2D eigenvalue weighted by molar-refractivity contribution is -0.115. The highest BCUT2D eigenvalue weighted by Gasteiger charge is 2.42. The number of hydrogen-bond donors (Lipinski definition) is 4. The van der Waals surface area contributed by atoms with Crippen LogP contribution in [0, 0.1) is 17.5 Å². The van der Waals surface area contributed by atoms with E-state index in [9.17, 15) is 67.5 Å². The Hall–Kier alpha value is -12.8. The molecule has 0 unspecified atom stereocenters. The Morgan fingerprint density at radius 1 is 0.482 bits per heavy atom. The van der Waals surface area contributed by atoms with Gasteiger partial charge in [-0.25, -0.2) is 38.4 Å². The fourth-order valence-corrected chi connectivity index (χ4v) is 15.3. The number of hydrogen-bond acceptors (Lipinski definition) is 20. The number of pyridine rings is 3. The van der Waals surface area contributed by atoms with Crippen molar-refractivity contribution in [2.24, 2.45) is 0 Å². The fraction of sp³-hybridized carbons (Fsp3) is 0.225. The number of rotatable bonds is 22. The Morgan fingerprint density at radius 3 is 1.16 bits per heavy atom. The van der Waals surface area contributed by atoms with Crippen LogP contribution in [0.25, 0.3) is 32.7 Å². The highest BCUT2D eigenvalue weighted by molar-refractivity contribution is 7.92. The van der Waals surface area contributed by atoms with Gasteiger partial charge in [0.25, 0.3) is 17.7 Å². The number of nitrogens with one attached hydrogen (secondary N) is 2. The highest BCUT2D eigenvalue weighted by atomic mass is 32.2. The van der Waals surface area contributed by atoms with Gasteiger partial charge >= 0.3 is 0 Å². The molecule has 0 spiro atoms. The van der Waals surface area contributed by atoms with Gasteiger partial charge < -0.3 is 55.1 Å². The number of sulfonamides is 3. The van der Waals surface area contributed by atoms with Gasteiger partial charge in [-0.15, -0.1) is 0 Å². The number of ether oxygens (including phenoxy) is 4. The Balaban J connectivity index is 0.000000159. The number of nitrogen functional groups attached to an aromatic ring is 1. The summed E-state index contributed by atoms with van der Waals surface area (Å²) in [4.78, 5) is 82.1. The Kier molecular flexibility index (Phi) is 23.0. The van der Waals surface area contributed by atoms with Crippen LogP contribution in [0.1, 0.15) is 89.4 Å². The predicted molar refractivity (Wildman–Crippen MR) is 424 cm³/mol. The molecular formula is C80H77F3N12O16S3. The number of phenols is 1. The van der Waals surface area contributed by atoms with Gasteiger partial charge in [-0.1, -0.05) is 42.5 Å². The Labute approximate surface area is 654 Å². The largest absolute Gasteiger partial charge is 0.505 e. The van der Waals surface area contributed by atoms with E-state index in [1.807, 2.05) is 36.4 Å². The quantitative estimate of drug-likeness (QED) is 0.0458. The standard InChI is InChI=1S/C30H29FN4O6S.C28H27FN4O5S.C22H21FN4O5S/c1-18(36)33-25-14-21(31)10-9-20(25)15-35-16-24-26(30(35)37)29(41-17-19-7-11-22(40-3)12-8-19)27-23(6-5-13-32-27)28(24)34(2)42(4,38)39;1-32(39(3,35)36)26-21-5-4-12-31-25(21)27(38-16-17-6-10-20(37-2)11-7-17)24-22(26)15-33(28(24)34)14-18-8-9-19(29)13-23(18)30;1-12(28)25-17-9-14(23)7-6-13(17)10-27-11-16-18(22(27)30)21(29)19-15(5-4-8-24-19)20(16)26(2)33(3,31)32/h5-14H,15-17H2,1-4H3,(H,33,36);4-13H,14-16,30H2,1-3H3;4-9,29H,10-11H2,1-3H3,(H,25,28). The van der Waals surface area contributed by atoms with Crippen molar-refractivity contribution in [3.05, 3.63) is 237 Å². The summed E-state index contributed by atoms with van der Waals surface area (Å²) in [6.45, 7) is 3.11. The van der Waals surface area contributed by atoms with E-state index in [-0.39, 0.29) is 127 Å². The topological polar surface area (TPSA) is 353 Å². The van der Waals surface area contributed by atoms with E-state index >= 15 is 0 Å². The Bertz CT molecular complexity index is 6090. The monoisotopic (exact) mass is 1610 g/mol. The second-order valence-corrected chi connectivity index (χ2v) is 33.1. The number of amides is 5. The van der Waals surface area contributed by atoms with E-state index in [1.165, 1.54) is 104 Å². The molecule has 8 aromatic carbocycles. The summed E-state index contributed by atoms with van der Waals surface area (Å²) in [6.07, 6.45) is 7.78. The van der Waals surface area contributed by atoms with Gasteiger partial charge in [0.15, 0.2) is 17.2 Å². The maximum absolute atomic E-state index is 14.1. The zero-order chi connectivity index (χ0) is 82.2. The molecule has 6 heterocycles. The number of anilines is 6. The summed E-state index contributed by atoms with van der Waals surface area (Å²) in [7, 11) is -3.71. The lowest BCUT2D eigenvalue weighted by Crippen LogP contribution is -2.27. The molecule has 0 saturated heterocycles. The number of fused-ring (bicyclic) bond motifs is 6. The molecule has 34 heteroatoms. The summed E-state index contributed by atoms with van der Waals surface area (Å²) < 4.78 is 143. The molecule has 0 saturated carbocycles. The van der Waals surface area contributed by atoms with Gasteiger partial charge in [0, 0.05) is 143 Å². The molecule has 0 radical (unpaired) electrons. The summed E-state index contributed by atoms with van der Waals surface area (Å²) in [6, 6.07) is 36.5. The number of aromatic nitrogens is 3. The lowest BCUT2D eigenvalue weighted by atomic mass is 10.0. The van der Waals surface area contributed by atoms with Gasteiger partial charge in [-0.3, -0.25) is 51.8 Å². The molecule has 0 aliphatic carbocycles. The molecule has 3 aliphatic rings. The molecule has 0 atom stereocenters. The molecule has 11 aromatic rings. The van der Waals surface area contributed by atoms with Crippen molar-refractivity contribution in [2.45, 2.75) is 66.3 Å². The van der Waals surface area contributed by atoms with Crippen LogP contribution in [0.4, 0.5) is 47.3 Å². The average molecular weight is 1620 g/mol. The minimum Gasteiger partial charge on any atom is -0.505 e. The van der Waals surface area contributed by atoms with Crippen LogP contribution in [0.15, 0.2) is 158 Å². The first-order valence-electron chi connectivity index (χ1n) is 34.9. The summed E-state index contributed by atoms with van der Waals surface area (Å²) >= 11 is 0. The molecule has 3 aromatic heterocycles. The van der Waals surface area contributed by atoms with Crippen LogP contribution in [0.3, 0.4) is 0 Å². The van der Waals surface area contributed by atoms with Gasteiger partial charge in [0.2, 0.25) is 41.9 Å². The zero-order valence-electron chi connectivity index (χ0n) is 63.2. The first kappa shape index (κ1) is 80.7. The molecule has 592 valence electrons. The molecule has 114 heavy (non-hydrogen) atoms. The van der Waals surface area contributed by atoms with Gasteiger partial charge in [0.05, 0.1) is 66.7 Å². The van der Waals surface area contributed by atoms with E-state index in [0.717, 1.165) is 48.9 Å². The van der Waals surface area contributed by atoms with Crippen molar-refractivity contribution in [2.75, 3.05) is 83.4 Å². The molecule has 5 amide bonds. The van der Waals surface area contributed by atoms with Crippen molar-refractivity contribution in [3.63, 3.8) is 0 Å². The molecule has 14 rings (SSSR count). The zero-order valence-corrected chi connectivity index (χ0v) is 65.6. The van der Waals surface area contributed by atoms with Gasteiger partial charge in [-0.2, -0.15) is 0 Å².